The molecule has 0 atom stereocenters. The number of carbonyl (C=O) groups excluding carboxylic acids is 1. The summed E-state index contributed by atoms with van der Waals surface area (Å²) in [5, 5.41) is 11.7. The first kappa shape index (κ1) is 16.6. The summed E-state index contributed by atoms with van der Waals surface area (Å²) in [5.74, 6) is -0.0479. The van der Waals surface area contributed by atoms with Crippen LogP contribution in [0.15, 0.2) is 84.9 Å². The Morgan fingerprint density at radius 2 is 1.44 bits per heavy atom. The van der Waals surface area contributed by atoms with Crippen molar-refractivity contribution in [3.63, 3.8) is 0 Å². The Labute approximate surface area is 147 Å². The van der Waals surface area contributed by atoms with Crippen molar-refractivity contribution in [1.29, 1.82) is 0 Å². The number of aromatic hydroxyl groups is 1. The molecule has 0 bridgehead atoms. The van der Waals surface area contributed by atoms with Gasteiger partial charge in [-0.3, -0.25) is 15.2 Å². The lowest BCUT2D eigenvalue weighted by Crippen LogP contribution is -2.42. The highest BCUT2D eigenvalue weighted by molar-refractivity contribution is 5.81. The molecule has 0 saturated heterocycles. The van der Waals surface area contributed by atoms with Crippen molar-refractivity contribution in [1.82, 2.24) is 5.43 Å². The number of nitrogens with zero attached hydrogens (tertiary/aromatic N) is 1. The molecule has 0 aliphatic rings. The van der Waals surface area contributed by atoms with E-state index >= 15 is 0 Å². The number of phenolic OH excluding ortho intramolecular Hbond substituents is 1. The number of amides is 1. The molecule has 3 aromatic carbocycles. The first-order valence-electron chi connectivity index (χ1n) is 8.15. The van der Waals surface area contributed by atoms with Crippen LogP contribution in [0.1, 0.15) is 11.1 Å². The van der Waals surface area contributed by atoms with Gasteiger partial charge in [-0.15, -0.1) is 0 Å². The van der Waals surface area contributed by atoms with Gasteiger partial charge in [0.15, 0.2) is 0 Å². The molecule has 3 rings (SSSR count). The summed E-state index contributed by atoms with van der Waals surface area (Å²) in [7, 11) is 0. The maximum Gasteiger partial charge on any atom is 0.243 e. The fourth-order valence-electron chi connectivity index (χ4n) is 2.59. The molecule has 0 radical (unpaired) electrons. The van der Waals surface area contributed by atoms with E-state index in [4.69, 9.17) is 0 Å². The van der Waals surface area contributed by atoms with Gasteiger partial charge in [0, 0.05) is 5.56 Å². The second-order valence-electron chi connectivity index (χ2n) is 5.75. The number of nitrogens with one attached hydrogen (secondary N) is 1. The second kappa shape index (κ2) is 8.02. The van der Waals surface area contributed by atoms with Crippen molar-refractivity contribution in [2.45, 2.75) is 13.0 Å². The molecule has 0 aromatic heterocycles. The average Bonchev–Trinajstić information content (AvgIpc) is 2.65. The lowest BCUT2D eigenvalue weighted by Gasteiger charge is -2.25. The Morgan fingerprint density at radius 1 is 0.840 bits per heavy atom. The minimum atomic E-state index is -0.179. The molecule has 3 aromatic rings. The number of benzene rings is 3. The van der Waals surface area contributed by atoms with Gasteiger partial charge in [-0.2, -0.15) is 0 Å². The molecule has 0 fully saturated rings. The molecule has 1 amide bonds. The fourth-order valence-corrected chi connectivity index (χ4v) is 2.59. The van der Waals surface area contributed by atoms with Gasteiger partial charge in [0.1, 0.15) is 5.75 Å². The van der Waals surface area contributed by atoms with Gasteiger partial charge in [0.05, 0.1) is 18.7 Å². The van der Waals surface area contributed by atoms with E-state index in [1.807, 2.05) is 65.7 Å². The fraction of sp³-hybridized carbons (Fsp3) is 0.0952. The molecule has 2 N–H and O–H groups in total. The van der Waals surface area contributed by atoms with Crippen LogP contribution in [0.2, 0.25) is 0 Å². The quantitative estimate of drug-likeness (QED) is 0.677. The summed E-state index contributed by atoms with van der Waals surface area (Å²) in [6.45, 7) is 0.553. The zero-order valence-corrected chi connectivity index (χ0v) is 13.8. The van der Waals surface area contributed by atoms with Crippen molar-refractivity contribution in [2.75, 3.05) is 5.01 Å². The molecule has 0 aliphatic carbocycles. The molecule has 25 heavy (non-hydrogen) atoms. The van der Waals surface area contributed by atoms with E-state index in [0.717, 1.165) is 11.3 Å². The number of carbonyl (C=O) groups is 1. The highest BCUT2D eigenvalue weighted by atomic mass is 16.3. The van der Waals surface area contributed by atoms with Crippen LogP contribution in [-0.2, 0) is 17.8 Å². The molecule has 126 valence electrons. The topological polar surface area (TPSA) is 52.6 Å². The van der Waals surface area contributed by atoms with Crippen molar-refractivity contribution in [2.24, 2.45) is 0 Å². The molecule has 4 nitrogen and oxygen atoms in total. The van der Waals surface area contributed by atoms with E-state index in [2.05, 4.69) is 5.43 Å². The van der Waals surface area contributed by atoms with Crippen LogP contribution < -0.4 is 10.4 Å². The highest BCUT2D eigenvalue weighted by Crippen LogP contribution is 2.18. The second-order valence-corrected chi connectivity index (χ2v) is 5.75. The van der Waals surface area contributed by atoms with E-state index < -0.39 is 0 Å². The van der Waals surface area contributed by atoms with Crippen molar-refractivity contribution in [3.8, 4) is 5.75 Å². The smallest absolute Gasteiger partial charge is 0.243 e. The summed E-state index contributed by atoms with van der Waals surface area (Å²) in [4.78, 5) is 12.5. The van der Waals surface area contributed by atoms with Gasteiger partial charge in [0.25, 0.3) is 0 Å². The Hall–Kier alpha value is -3.27. The largest absolute Gasteiger partial charge is 0.508 e. The van der Waals surface area contributed by atoms with Crippen LogP contribution in [0.4, 0.5) is 5.69 Å². The Balaban J connectivity index is 1.75. The van der Waals surface area contributed by atoms with Gasteiger partial charge in [0.2, 0.25) is 5.91 Å². The van der Waals surface area contributed by atoms with Crippen molar-refractivity contribution in [3.05, 3.63) is 96.1 Å². The third-order valence-corrected chi connectivity index (χ3v) is 3.85. The third kappa shape index (κ3) is 4.61. The molecule has 0 unspecified atom stereocenters. The van der Waals surface area contributed by atoms with Crippen LogP contribution in [0.3, 0.4) is 0 Å². The van der Waals surface area contributed by atoms with Crippen molar-refractivity contribution < 1.29 is 9.90 Å². The van der Waals surface area contributed by atoms with Crippen LogP contribution in [0.25, 0.3) is 0 Å². The van der Waals surface area contributed by atoms with Crippen LogP contribution in [-0.4, -0.2) is 11.0 Å². The lowest BCUT2D eigenvalue weighted by atomic mass is 10.1. The molecule has 4 heteroatoms. The van der Waals surface area contributed by atoms with Gasteiger partial charge < -0.3 is 5.11 Å². The predicted octanol–water partition coefficient (Wildman–Crippen LogP) is 3.67. The van der Waals surface area contributed by atoms with Crippen LogP contribution in [0.5, 0.6) is 5.75 Å². The van der Waals surface area contributed by atoms with Gasteiger partial charge in [-0.1, -0.05) is 66.7 Å². The number of hydrazine groups is 1. The van der Waals surface area contributed by atoms with E-state index in [1.54, 1.807) is 24.3 Å². The average molecular weight is 332 g/mol. The number of hydrogen-bond acceptors (Lipinski definition) is 3. The van der Waals surface area contributed by atoms with E-state index in [-0.39, 0.29) is 18.1 Å². The number of hydrogen-bond donors (Lipinski definition) is 2. The summed E-state index contributed by atoms with van der Waals surface area (Å²) >= 11 is 0. The first-order chi connectivity index (χ1) is 12.2. The van der Waals surface area contributed by atoms with Gasteiger partial charge >= 0.3 is 0 Å². The van der Waals surface area contributed by atoms with E-state index in [9.17, 15) is 9.90 Å². The number of para-hydroxylation sites is 2. The summed E-state index contributed by atoms with van der Waals surface area (Å²) in [6.07, 6.45) is 0.116. The zero-order valence-electron chi connectivity index (χ0n) is 13.8. The summed E-state index contributed by atoms with van der Waals surface area (Å²) < 4.78 is 0. The number of anilines is 1. The molecule has 0 heterocycles. The van der Waals surface area contributed by atoms with Crippen LogP contribution >= 0.6 is 0 Å². The summed E-state index contributed by atoms with van der Waals surface area (Å²) in [5.41, 5.74) is 5.54. The minimum Gasteiger partial charge on any atom is -0.508 e. The number of phenols is 1. The molecule has 0 saturated carbocycles. The Bertz CT molecular complexity index is 820. The van der Waals surface area contributed by atoms with E-state index in [0.29, 0.717) is 12.1 Å². The zero-order chi connectivity index (χ0) is 17.5. The first-order valence-corrected chi connectivity index (χ1v) is 8.15. The number of rotatable bonds is 6. The maximum atomic E-state index is 12.5. The predicted molar refractivity (Wildman–Crippen MR) is 99.0 cm³/mol. The Kier molecular flexibility index (Phi) is 5.32. The normalized spacial score (nSPS) is 10.2. The molecular formula is C21H20N2O2. The lowest BCUT2D eigenvalue weighted by molar-refractivity contribution is -0.120. The SMILES string of the molecule is O=C(Cc1ccccc1O)NN(Cc1ccccc1)c1ccccc1. The standard InChI is InChI=1S/C21H20N2O2/c24-20-14-8-7-11-18(20)15-21(25)22-23(19-12-5-2-6-13-19)16-17-9-3-1-4-10-17/h1-14,24H,15-16H2,(H,22,25). The van der Waals surface area contributed by atoms with Crippen LogP contribution in [0, 0.1) is 0 Å². The van der Waals surface area contributed by atoms with E-state index in [1.165, 1.54) is 0 Å². The molecule has 0 spiro atoms. The monoisotopic (exact) mass is 332 g/mol. The molecule has 0 aliphatic heterocycles. The highest BCUT2D eigenvalue weighted by Gasteiger charge is 2.13. The minimum absolute atomic E-state index is 0.116. The van der Waals surface area contributed by atoms with Gasteiger partial charge in [-0.25, -0.2) is 0 Å². The maximum absolute atomic E-state index is 12.5. The van der Waals surface area contributed by atoms with Gasteiger partial charge in [-0.05, 0) is 23.8 Å². The third-order valence-electron chi connectivity index (χ3n) is 3.85. The van der Waals surface area contributed by atoms with Crippen molar-refractivity contribution >= 4 is 11.6 Å². The molecular weight excluding hydrogens is 312 g/mol. The Morgan fingerprint density at radius 3 is 2.12 bits per heavy atom. The summed E-state index contributed by atoms with van der Waals surface area (Å²) in [6, 6.07) is 26.5.